The lowest BCUT2D eigenvalue weighted by Crippen LogP contribution is -2.45. The Balaban J connectivity index is 4.35. The standard InChI is InChI=1S/C54H101N2O6P/c1-6-8-10-12-14-16-18-20-22-24-26-27-28-29-30-32-34-36-38-40-42-44-46-48-54(58)55-52(51-62-63(59,60)61-50-49-56(3,4)5)53(57)47-45-43-41-39-37-35-33-31-25-23-21-19-17-15-13-11-9-7-2/h18,20,24-26,31,37,39,45,47,52-53,57H,6-17,19,21-23,27-30,32-36,38,40-44,46,48-51H2,1-5H3,(H-,55,58,59,60)/p+1/b20-18-,26-24-,31-25+,39-37+,47-45+. The molecule has 0 aromatic carbocycles. The molecule has 0 bridgehead atoms. The van der Waals surface area contributed by atoms with Crippen LogP contribution in [0, 0.1) is 0 Å². The number of rotatable bonds is 47. The molecule has 0 aromatic heterocycles. The molecule has 0 rings (SSSR count). The molecule has 0 spiro atoms. The number of unbranched alkanes of at least 4 members (excludes halogenated alkanes) is 26. The van der Waals surface area contributed by atoms with Crippen molar-refractivity contribution in [3.05, 3.63) is 60.8 Å². The van der Waals surface area contributed by atoms with Crippen LogP contribution in [0.3, 0.4) is 0 Å². The topological polar surface area (TPSA) is 105 Å². The number of quaternary nitrogens is 1. The Labute approximate surface area is 390 Å². The first-order chi connectivity index (χ1) is 30.5. The van der Waals surface area contributed by atoms with Crippen LogP contribution in [-0.4, -0.2) is 73.4 Å². The van der Waals surface area contributed by atoms with Gasteiger partial charge < -0.3 is 19.8 Å². The summed E-state index contributed by atoms with van der Waals surface area (Å²) in [6.07, 6.45) is 60.2. The van der Waals surface area contributed by atoms with Gasteiger partial charge in [0.2, 0.25) is 5.91 Å². The van der Waals surface area contributed by atoms with Gasteiger partial charge in [-0.1, -0.05) is 203 Å². The van der Waals surface area contributed by atoms with E-state index in [1.807, 2.05) is 27.2 Å². The molecule has 0 aliphatic carbocycles. The molecule has 8 nitrogen and oxygen atoms in total. The van der Waals surface area contributed by atoms with Crippen LogP contribution in [0.2, 0.25) is 0 Å². The largest absolute Gasteiger partial charge is 0.472 e. The molecule has 368 valence electrons. The van der Waals surface area contributed by atoms with Crippen LogP contribution in [0.1, 0.15) is 226 Å². The number of aliphatic hydroxyl groups excluding tert-OH is 1. The third-order valence-electron chi connectivity index (χ3n) is 11.4. The number of aliphatic hydroxyl groups is 1. The van der Waals surface area contributed by atoms with Crippen LogP contribution < -0.4 is 5.32 Å². The normalized spacial score (nSPS) is 14.6. The molecular weight excluding hydrogens is 804 g/mol. The maximum Gasteiger partial charge on any atom is 0.472 e. The lowest BCUT2D eigenvalue weighted by atomic mass is 10.0. The van der Waals surface area contributed by atoms with Crippen molar-refractivity contribution in [2.75, 3.05) is 40.9 Å². The summed E-state index contributed by atoms with van der Waals surface area (Å²) >= 11 is 0. The summed E-state index contributed by atoms with van der Waals surface area (Å²) < 4.78 is 23.6. The summed E-state index contributed by atoms with van der Waals surface area (Å²) in [5.74, 6) is -0.194. The molecule has 0 saturated carbocycles. The van der Waals surface area contributed by atoms with E-state index in [-0.39, 0.29) is 19.1 Å². The Hall–Kier alpha value is -1.80. The first-order valence-corrected chi connectivity index (χ1v) is 27.7. The molecule has 9 heteroatoms. The summed E-state index contributed by atoms with van der Waals surface area (Å²) in [7, 11) is 1.54. The zero-order valence-electron chi connectivity index (χ0n) is 41.8. The molecule has 0 radical (unpaired) electrons. The van der Waals surface area contributed by atoms with Crippen molar-refractivity contribution in [1.82, 2.24) is 5.32 Å². The zero-order valence-corrected chi connectivity index (χ0v) is 42.7. The highest BCUT2D eigenvalue weighted by atomic mass is 31.2. The monoisotopic (exact) mass is 906 g/mol. The highest BCUT2D eigenvalue weighted by Gasteiger charge is 2.27. The third-order valence-corrected chi connectivity index (χ3v) is 12.4. The van der Waals surface area contributed by atoms with E-state index in [1.54, 1.807) is 6.08 Å². The van der Waals surface area contributed by atoms with Gasteiger partial charge in [-0.15, -0.1) is 0 Å². The smallest absolute Gasteiger partial charge is 0.387 e. The first kappa shape index (κ1) is 61.2. The van der Waals surface area contributed by atoms with E-state index in [0.717, 1.165) is 51.4 Å². The van der Waals surface area contributed by atoms with Crippen LogP contribution in [0.15, 0.2) is 60.8 Å². The van der Waals surface area contributed by atoms with Crippen molar-refractivity contribution in [3.8, 4) is 0 Å². The van der Waals surface area contributed by atoms with E-state index in [4.69, 9.17) is 9.05 Å². The number of likely N-dealkylation sites (N-methyl/N-ethyl adjacent to an activating group) is 1. The number of carbonyl (C=O) groups is 1. The first-order valence-electron chi connectivity index (χ1n) is 26.2. The molecule has 0 saturated heterocycles. The van der Waals surface area contributed by atoms with E-state index >= 15 is 0 Å². The van der Waals surface area contributed by atoms with Gasteiger partial charge in [-0.05, 0) is 77.0 Å². The average molecular weight is 906 g/mol. The SMILES string of the molecule is CCCCCCC/C=C\C/C=C\CCCCCCCCCCCCCC(=O)NC(COP(=O)(O)OCC[N+](C)(C)C)C(O)/C=C/CC/C=C/CC/C=C/CCCCCCCCCC. The molecule has 63 heavy (non-hydrogen) atoms. The Bertz CT molecular complexity index is 1210. The summed E-state index contributed by atoms with van der Waals surface area (Å²) in [5.41, 5.74) is 0. The molecule has 0 aliphatic heterocycles. The molecule has 0 heterocycles. The summed E-state index contributed by atoms with van der Waals surface area (Å²) in [5, 5.41) is 13.9. The molecule has 3 unspecified atom stereocenters. The van der Waals surface area contributed by atoms with Crippen LogP contribution in [0.25, 0.3) is 0 Å². The fourth-order valence-corrected chi connectivity index (χ4v) is 8.02. The van der Waals surface area contributed by atoms with Crippen molar-refractivity contribution in [1.29, 1.82) is 0 Å². The van der Waals surface area contributed by atoms with Crippen molar-refractivity contribution in [2.24, 2.45) is 0 Å². The maximum absolute atomic E-state index is 12.9. The minimum Gasteiger partial charge on any atom is -0.387 e. The van der Waals surface area contributed by atoms with Gasteiger partial charge in [0.25, 0.3) is 0 Å². The Kier molecular flexibility index (Phi) is 44.1. The molecule has 3 atom stereocenters. The number of nitrogens with one attached hydrogen (secondary N) is 1. The number of hydrogen-bond donors (Lipinski definition) is 3. The molecule has 0 aliphatic rings. The minimum absolute atomic E-state index is 0.0515. The quantitative estimate of drug-likeness (QED) is 0.0243. The van der Waals surface area contributed by atoms with Crippen molar-refractivity contribution < 1.29 is 32.9 Å². The molecule has 0 fully saturated rings. The Morgan fingerprint density at radius 2 is 0.921 bits per heavy atom. The number of carbonyl (C=O) groups excluding carboxylic acids is 1. The van der Waals surface area contributed by atoms with Crippen LogP contribution in [0.5, 0.6) is 0 Å². The predicted molar refractivity (Wildman–Crippen MR) is 272 cm³/mol. The zero-order chi connectivity index (χ0) is 46.4. The summed E-state index contributed by atoms with van der Waals surface area (Å²) in [4.78, 5) is 23.2. The second-order valence-electron chi connectivity index (χ2n) is 18.9. The highest BCUT2D eigenvalue weighted by Crippen LogP contribution is 2.43. The second kappa shape index (κ2) is 45.4. The van der Waals surface area contributed by atoms with Crippen LogP contribution in [0.4, 0.5) is 0 Å². The van der Waals surface area contributed by atoms with Gasteiger partial charge in [0.15, 0.2) is 0 Å². The number of hydrogen-bond acceptors (Lipinski definition) is 5. The Morgan fingerprint density at radius 3 is 1.37 bits per heavy atom. The molecule has 1 amide bonds. The molecule has 0 aromatic rings. The fraction of sp³-hybridized carbons (Fsp3) is 0.796. The van der Waals surface area contributed by atoms with Crippen molar-refractivity contribution >= 4 is 13.7 Å². The van der Waals surface area contributed by atoms with Gasteiger partial charge in [0.05, 0.1) is 39.9 Å². The fourth-order valence-electron chi connectivity index (χ4n) is 7.28. The number of amides is 1. The molecular formula is C54H102N2O6P+. The van der Waals surface area contributed by atoms with Crippen LogP contribution >= 0.6 is 7.82 Å². The number of allylic oxidation sites excluding steroid dienone is 9. The van der Waals surface area contributed by atoms with Crippen molar-refractivity contribution in [3.63, 3.8) is 0 Å². The van der Waals surface area contributed by atoms with Crippen LogP contribution in [-0.2, 0) is 18.4 Å². The maximum atomic E-state index is 12.9. The van der Waals surface area contributed by atoms with Gasteiger partial charge in [-0.25, -0.2) is 4.57 Å². The summed E-state index contributed by atoms with van der Waals surface area (Å²) in [6, 6.07) is -0.872. The van der Waals surface area contributed by atoms with Crippen molar-refractivity contribution in [2.45, 2.75) is 238 Å². The van der Waals surface area contributed by atoms with Gasteiger partial charge in [0.1, 0.15) is 13.2 Å². The minimum atomic E-state index is -4.36. The van der Waals surface area contributed by atoms with Gasteiger partial charge in [-0.2, -0.15) is 0 Å². The number of phosphoric acid groups is 1. The second-order valence-corrected chi connectivity index (χ2v) is 20.3. The Morgan fingerprint density at radius 1 is 0.540 bits per heavy atom. The lowest BCUT2D eigenvalue weighted by molar-refractivity contribution is -0.870. The average Bonchev–Trinajstić information content (AvgIpc) is 3.24. The number of nitrogens with zero attached hydrogens (tertiary/aromatic N) is 1. The van der Waals surface area contributed by atoms with E-state index in [9.17, 15) is 19.4 Å². The lowest BCUT2D eigenvalue weighted by Gasteiger charge is -2.25. The molecule has 3 N–H and O–H groups in total. The van der Waals surface area contributed by atoms with Gasteiger partial charge in [0, 0.05) is 6.42 Å². The predicted octanol–water partition coefficient (Wildman–Crippen LogP) is 15.4. The highest BCUT2D eigenvalue weighted by molar-refractivity contribution is 7.47. The summed E-state index contributed by atoms with van der Waals surface area (Å²) in [6.45, 7) is 4.77. The van der Waals surface area contributed by atoms with E-state index in [0.29, 0.717) is 17.4 Å². The van der Waals surface area contributed by atoms with Gasteiger partial charge in [-0.3, -0.25) is 13.8 Å². The number of phosphoric ester groups is 1. The van der Waals surface area contributed by atoms with Gasteiger partial charge >= 0.3 is 7.82 Å². The van der Waals surface area contributed by atoms with E-state index in [1.165, 1.54) is 154 Å². The van der Waals surface area contributed by atoms with E-state index < -0.39 is 20.0 Å². The van der Waals surface area contributed by atoms with E-state index in [2.05, 4.69) is 67.8 Å². The third kappa shape index (κ3) is 48.0.